The molecular weight excluding hydrogens is 196 g/mol. The molecule has 2 nitrogen and oxygen atoms in total. The molecule has 0 fully saturated rings. The van der Waals surface area contributed by atoms with E-state index >= 15 is 0 Å². The summed E-state index contributed by atoms with van der Waals surface area (Å²) in [5, 5.41) is 0. The van der Waals surface area contributed by atoms with E-state index in [1.165, 1.54) is 36.9 Å². The Morgan fingerprint density at radius 2 is 2.19 bits per heavy atom. The molecular formula is C14H22N2. The monoisotopic (exact) mass is 218 g/mol. The predicted octanol–water partition coefficient (Wildman–Crippen LogP) is 2.99. The molecule has 2 N–H and O–H groups in total. The summed E-state index contributed by atoms with van der Waals surface area (Å²) in [4.78, 5) is 2.59. The quantitative estimate of drug-likeness (QED) is 0.787. The average molecular weight is 218 g/mol. The van der Waals surface area contributed by atoms with Crippen LogP contribution in [0.2, 0.25) is 0 Å². The lowest BCUT2D eigenvalue weighted by Crippen LogP contribution is -2.28. The van der Waals surface area contributed by atoms with E-state index in [4.69, 9.17) is 5.73 Å². The number of hydrogen-bond donors (Lipinski definition) is 1. The molecule has 2 heteroatoms. The van der Waals surface area contributed by atoms with E-state index in [1.807, 2.05) is 6.07 Å². The SMILES string of the molecule is CCCN(CC)C1CCc2cc(N)ccc21. The number of hydrogen-bond acceptors (Lipinski definition) is 2. The summed E-state index contributed by atoms with van der Waals surface area (Å²) in [5.74, 6) is 0. The molecule has 2 rings (SSSR count). The molecule has 0 radical (unpaired) electrons. The molecule has 1 unspecified atom stereocenters. The lowest BCUT2D eigenvalue weighted by Gasteiger charge is -2.27. The van der Waals surface area contributed by atoms with Crippen LogP contribution in [0.25, 0.3) is 0 Å². The molecule has 0 spiro atoms. The summed E-state index contributed by atoms with van der Waals surface area (Å²) in [7, 11) is 0. The Bertz CT molecular complexity index is 360. The van der Waals surface area contributed by atoms with Crippen molar-refractivity contribution in [3.8, 4) is 0 Å². The van der Waals surface area contributed by atoms with Gasteiger partial charge < -0.3 is 5.73 Å². The van der Waals surface area contributed by atoms with Crippen LogP contribution in [0.5, 0.6) is 0 Å². The van der Waals surface area contributed by atoms with E-state index in [0.717, 1.165) is 12.2 Å². The summed E-state index contributed by atoms with van der Waals surface area (Å²) < 4.78 is 0. The van der Waals surface area contributed by atoms with E-state index in [1.54, 1.807) is 0 Å². The van der Waals surface area contributed by atoms with Gasteiger partial charge in [0.1, 0.15) is 0 Å². The minimum Gasteiger partial charge on any atom is -0.399 e. The molecule has 0 aromatic heterocycles. The van der Waals surface area contributed by atoms with E-state index < -0.39 is 0 Å². The number of anilines is 1. The van der Waals surface area contributed by atoms with Gasteiger partial charge in [-0.2, -0.15) is 0 Å². The van der Waals surface area contributed by atoms with Crippen molar-refractivity contribution in [3.63, 3.8) is 0 Å². The van der Waals surface area contributed by atoms with Crippen molar-refractivity contribution in [2.75, 3.05) is 18.8 Å². The van der Waals surface area contributed by atoms with Crippen molar-refractivity contribution in [3.05, 3.63) is 29.3 Å². The first-order chi connectivity index (χ1) is 7.76. The standard InChI is InChI=1S/C14H22N2/c1-3-9-16(4-2)14-8-5-11-10-12(15)6-7-13(11)14/h6-7,10,14H,3-5,8-9,15H2,1-2H3. The highest BCUT2D eigenvalue weighted by Crippen LogP contribution is 2.36. The Morgan fingerprint density at radius 3 is 2.88 bits per heavy atom. The summed E-state index contributed by atoms with van der Waals surface area (Å²) in [6, 6.07) is 7.03. The van der Waals surface area contributed by atoms with Crippen LogP contribution in [0.15, 0.2) is 18.2 Å². The molecule has 0 saturated heterocycles. The van der Waals surface area contributed by atoms with Crippen molar-refractivity contribution in [1.29, 1.82) is 0 Å². The summed E-state index contributed by atoms with van der Waals surface area (Å²) >= 11 is 0. The normalized spacial score (nSPS) is 19.1. The summed E-state index contributed by atoms with van der Waals surface area (Å²) in [6.45, 7) is 6.85. The van der Waals surface area contributed by atoms with Crippen LogP contribution < -0.4 is 5.73 Å². The van der Waals surface area contributed by atoms with Crippen LogP contribution in [0.1, 0.15) is 43.9 Å². The zero-order chi connectivity index (χ0) is 11.5. The molecule has 0 bridgehead atoms. The van der Waals surface area contributed by atoms with E-state index in [0.29, 0.717) is 6.04 Å². The van der Waals surface area contributed by atoms with Crippen molar-refractivity contribution in [2.24, 2.45) is 0 Å². The molecule has 1 aliphatic carbocycles. The number of rotatable bonds is 4. The van der Waals surface area contributed by atoms with Gasteiger partial charge in [-0.3, -0.25) is 4.90 Å². The maximum atomic E-state index is 5.83. The number of nitrogens with zero attached hydrogens (tertiary/aromatic N) is 1. The third kappa shape index (κ3) is 2.07. The van der Waals surface area contributed by atoms with Crippen LogP contribution >= 0.6 is 0 Å². The van der Waals surface area contributed by atoms with Gasteiger partial charge in [0.2, 0.25) is 0 Å². The van der Waals surface area contributed by atoms with Gasteiger partial charge in [0, 0.05) is 11.7 Å². The van der Waals surface area contributed by atoms with Crippen molar-refractivity contribution in [2.45, 2.75) is 39.2 Å². The second-order valence-electron chi connectivity index (χ2n) is 4.64. The van der Waals surface area contributed by atoms with E-state index in [9.17, 15) is 0 Å². The number of benzene rings is 1. The van der Waals surface area contributed by atoms with Gasteiger partial charge in [0.05, 0.1) is 0 Å². The number of aryl methyl sites for hydroxylation is 1. The van der Waals surface area contributed by atoms with E-state index in [2.05, 4.69) is 30.9 Å². The maximum absolute atomic E-state index is 5.83. The van der Waals surface area contributed by atoms with Crippen LogP contribution in [0.4, 0.5) is 5.69 Å². The maximum Gasteiger partial charge on any atom is 0.0353 e. The third-order valence-electron chi connectivity index (χ3n) is 3.57. The molecule has 1 aromatic carbocycles. The van der Waals surface area contributed by atoms with Crippen LogP contribution in [-0.2, 0) is 6.42 Å². The zero-order valence-corrected chi connectivity index (χ0v) is 10.4. The van der Waals surface area contributed by atoms with Gasteiger partial charge in [-0.15, -0.1) is 0 Å². The predicted molar refractivity (Wildman–Crippen MR) is 69.5 cm³/mol. The first kappa shape index (κ1) is 11.5. The molecule has 0 amide bonds. The number of fused-ring (bicyclic) bond motifs is 1. The molecule has 0 heterocycles. The second kappa shape index (κ2) is 4.88. The molecule has 1 atom stereocenters. The Labute approximate surface area is 98.4 Å². The van der Waals surface area contributed by atoms with Crippen molar-refractivity contribution >= 4 is 5.69 Å². The first-order valence-electron chi connectivity index (χ1n) is 6.38. The Kier molecular flexibility index (Phi) is 3.49. The largest absolute Gasteiger partial charge is 0.399 e. The van der Waals surface area contributed by atoms with Gasteiger partial charge >= 0.3 is 0 Å². The lowest BCUT2D eigenvalue weighted by molar-refractivity contribution is 0.207. The molecule has 16 heavy (non-hydrogen) atoms. The summed E-state index contributed by atoms with van der Waals surface area (Å²) in [5.41, 5.74) is 9.69. The van der Waals surface area contributed by atoms with Gasteiger partial charge in [0.25, 0.3) is 0 Å². The fraction of sp³-hybridized carbons (Fsp3) is 0.571. The highest BCUT2D eigenvalue weighted by molar-refractivity contribution is 5.47. The highest BCUT2D eigenvalue weighted by atomic mass is 15.1. The highest BCUT2D eigenvalue weighted by Gasteiger charge is 2.26. The Hall–Kier alpha value is -1.02. The Morgan fingerprint density at radius 1 is 1.38 bits per heavy atom. The fourth-order valence-electron chi connectivity index (χ4n) is 2.82. The van der Waals surface area contributed by atoms with Crippen LogP contribution in [0, 0.1) is 0 Å². The average Bonchev–Trinajstić information content (AvgIpc) is 2.68. The molecule has 0 saturated carbocycles. The first-order valence-corrected chi connectivity index (χ1v) is 6.38. The fourth-order valence-corrected chi connectivity index (χ4v) is 2.82. The van der Waals surface area contributed by atoms with Gasteiger partial charge in [-0.05, 0) is 55.6 Å². The lowest BCUT2D eigenvalue weighted by atomic mass is 10.1. The third-order valence-corrected chi connectivity index (χ3v) is 3.57. The second-order valence-corrected chi connectivity index (χ2v) is 4.64. The van der Waals surface area contributed by atoms with Gasteiger partial charge in [-0.25, -0.2) is 0 Å². The number of nitrogen functional groups attached to an aromatic ring is 1. The minimum absolute atomic E-state index is 0.626. The van der Waals surface area contributed by atoms with Gasteiger partial charge in [-0.1, -0.05) is 19.9 Å². The molecule has 1 aliphatic rings. The molecule has 0 aliphatic heterocycles. The van der Waals surface area contributed by atoms with Crippen molar-refractivity contribution < 1.29 is 0 Å². The molecule has 88 valence electrons. The zero-order valence-electron chi connectivity index (χ0n) is 10.4. The van der Waals surface area contributed by atoms with Crippen molar-refractivity contribution in [1.82, 2.24) is 4.90 Å². The Balaban J connectivity index is 2.22. The minimum atomic E-state index is 0.626. The topological polar surface area (TPSA) is 29.3 Å². The van der Waals surface area contributed by atoms with Gasteiger partial charge in [0.15, 0.2) is 0 Å². The molecule has 1 aromatic rings. The number of nitrogens with two attached hydrogens (primary N) is 1. The smallest absolute Gasteiger partial charge is 0.0353 e. The summed E-state index contributed by atoms with van der Waals surface area (Å²) in [6.07, 6.45) is 3.67. The van der Waals surface area contributed by atoms with E-state index in [-0.39, 0.29) is 0 Å². The van der Waals surface area contributed by atoms with Crippen LogP contribution in [0.3, 0.4) is 0 Å². The van der Waals surface area contributed by atoms with Crippen LogP contribution in [-0.4, -0.2) is 18.0 Å².